The summed E-state index contributed by atoms with van der Waals surface area (Å²) in [5.74, 6) is -0.290. The molecule has 286 valence electrons. The number of hydrogen-bond donors (Lipinski definition) is 1. The Balaban J connectivity index is 1.24. The lowest BCUT2D eigenvalue weighted by Crippen LogP contribution is -2.44. The number of nitriles is 1. The van der Waals surface area contributed by atoms with Gasteiger partial charge >= 0.3 is 12.0 Å². The fourth-order valence-electron chi connectivity index (χ4n) is 9.30. The van der Waals surface area contributed by atoms with Crippen LogP contribution >= 0.6 is 22.9 Å². The molecule has 13 nitrogen and oxygen atoms in total. The largest absolute Gasteiger partial charge is 0.488 e. The van der Waals surface area contributed by atoms with Gasteiger partial charge in [0.1, 0.15) is 53.6 Å². The summed E-state index contributed by atoms with van der Waals surface area (Å²) in [7, 11) is 0. The molecule has 0 aliphatic carbocycles. The molecule has 0 saturated carbocycles. The summed E-state index contributed by atoms with van der Waals surface area (Å²) in [6.07, 6.45) is 7.11. The van der Waals surface area contributed by atoms with Gasteiger partial charge in [-0.3, -0.25) is 4.90 Å². The molecule has 7 heterocycles. The van der Waals surface area contributed by atoms with Gasteiger partial charge < -0.3 is 25.0 Å². The van der Waals surface area contributed by atoms with Crippen molar-refractivity contribution in [2.24, 2.45) is 5.92 Å². The average Bonchev–Trinajstić information content (AvgIpc) is 3.94. The number of nitrogen functional groups attached to an aromatic ring is 1. The molecule has 2 N–H and O–H groups in total. The summed E-state index contributed by atoms with van der Waals surface area (Å²) in [6, 6.07) is 4.27. The van der Waals surface area contributed by atoms with Crippen molar-refractivity contribution in [3.8, 4) is 29.0 Å². The lowest BCUT2D eigenvalue weighted by atomic mass is 9.92. The van der Waals surface area contributed by atoms with Crippen molar-refractivity contribution >= 4 is 60.8 Å². The molecule has 0 bridgehead atoms. The number of amides is 1. The van der Waals surface area contributed by atoms with E-state index in [2.05, 4.69) is 32.9 Å². The number of rotatable bonds is 5. The number of aromatic nitrogens is 5. The van der Waals surface area contributed by atoms with E-state index in [0.29, 0.717) is 57.2 Å². The molecule has 9 rings (SSSR count). The van der Waals surface area contributed by atoms with Crippen molar-refractivity contribution in [3.63, 3.8) is 0 Å². The first-order valence-electron chi connectivity index (χ1n) is 18.7. The molecule has 2 aromatic carbocycles. The smallest absolute Gasteiger partial charge is 0.346 e. The molecule has 0 radical (unpaired) electrons. The number of fused-ring (bicyclic) bond motifs is 4. The van der Waals surface area contributed by atoms with E-state index in [1.807, 2.05) is 6.92 Å². The number of carbonyl (C=O) groups excluding carboxylic acids is 1. The maximum Gasteiger partial charge on any atom is 0.346 e. The molecule has 0 spiro atoms. The van der Waals surface area contributed by atoms with Crippen molar-refractivity contribution in [1.82, 2.24) is 34.5 Å². The first kappa shape index (κ1) is 35.8. The van der Waals surface area contributed by atoms with Gasteiger partial charge in [0.05, 0.1) is 26.2 Å². The topological polar surface area (TPSA) is 152 Å². The molecular weight excluding hydrogens is 750 g/mol. The van der Waals surface area contributed by atoms with E-state index < -0.39 is 11.6 Å². The first-order chi connectivity index (χ1) is 26.6. The van der Waals surface area contributed by atoms with E-state index in [1.165, 1.54) is 29.5 Å². The third kappa shape index (κ3) is 5.81. The van der Waals surface area contributed by atoms with E-state index in [-0.39, 0.29) is 83.2 Å². The van der Waals surface area contributed by atoms with E-state index >= 15 is 8.78 Å². The summed E-state index contributed by atoms with van der Waals surface area (Å²) in [5.41, 5.74) is 6.09. The van der Waals surface area contributed by atoms with Crippen LogP contribution in [-0.2, 0) is 0 Å². The maximum atomic E-state index is 17.7. The Morgan fingerprint density at radius 3 is 2.85 bits per heavy atom. The van der Waals surface area contributed by atoms with E-state index in [0.717, 1.165) is 43.7 Å². The predicted octanol–water partition coefficient (Wildman–Crippen LogP) is 6.85. The predicted molar refractivity (Wildman–Crippen MR) is 205 cm³/mol. The van der Waals surface area contributed by atoms with Gasteiger partial charge in [0.25, 0.3) is 0 Å². The Bertz CT molecular complexity index is 2390. The summed E-state index contributed by atoms with van der Waals surface area (Å²) in [4.78, 5) is 33.5. The Morgan fingerprint density at radius 2 is 2.07 bits per heavy atom. The summed E-state index contributed by atoms with van der Waals surface area (Å²) in [6.45, 7) is 7.72. The van der Waals surface area contributed by atoms with Crippen molar-refractivity contribution in [2.45, 2.75) is 70.1 Å². The van der Waals surface area contributed by atoms with Crippen LogP contribution in [0.25, 0.3) is 32.1 Å². The molecular formula is C38H39ClF2N10O3S. The number of anilines is 2. The molecule has 1 unspecified atom stereocenters. The second kappa shape index (κ2) is 13.7. The van der Waals surface area contributed by atoms with Gasteiger partial charge in [-0.15, -0.1) is 11.3 Å². The molecule has 3 aromatic heterocycles. The molecule has 4 atom stereocenters. The van der Waals surface area contributed by atoms with Gasteiger partial charge in [0, 0.05) is 49.6 Å². The van der Waals surface area contributed by atoms with Crippen molar-refractivity contribution < 1.29 is 23.0 Å². The fourth-order valence-corrected chi connectivity index (χ4v) is 10.6. The third-order valence-corrected chi connectivity index (χ3v) is 13.2. The molecule has 4 aliphatic rings. The number of nitrogens with two attached hydrogens (primary N) is 1. The summed E-state index contributed by atoms with van der Waals surface area (Å²) < 4.78 is 47.5. The van der Waals surface area contributed by atoms with E-state index in [4.69, 9.17) is 36.8 Å². The van der Waals surface area contributed by atoms with Crippen LogP contribution in [0.3, 0.4) is 0 Å². The Labute approximate surface area is 324 Å². The highest BCUT2D eigenvalue weighted by atomic mass is 35.5. The Morgan fingerprint density at radius 1 is 1.22 bits per heavy atom. The van der Waals surface area contributed by atoms with Gasteiger partial charge in [-0.25, -0.2) is 18.6 Å². The lowest BCUT2D eigenvalue weighted by molar-refractivity contribution is 0.107. The highest BCUT2D eigenvalue weighted by molar-refractivity contribution is 7.23. The van der Waals surface area contributed by atoms with Gasteiger partial charge in [-0.2, -0.15) is 25.0 Å². The van der Waals surface area contributed by atoms with Crippen LogP contribution in [0.4, 0.5) is 24.4 Å². The van der Waals surface area contributed by atoms with Gasteiger partial charge in [-0.1, -0.05) is 31.5 Å². The van der Waals surface area contributed by atoms with Crippen LogP contribution in [0.2, 0.25) is 5.02 Å². The van der Waals surface area contributed by atoms with Crippen LogP contribution in [-0.4, -0.2) is 97.6 Å². The Hall–Kier alpha value is -4.85. The number of hydrogen-bond acceptors (Lipinski definition) is 12. The summed E-state index contributed by atoms with van der Waals surface area (Å²) >= 11 is 8.19. The third-order valence-electron chi connectivity index (χ3n) is 11.8. The van der Waals surface area contributed by atoms with Crippen molar-refractivity contribution in [2.75, 3.05) is 50.0 Å². The Kier molecular flexibility index (Phi) is 8.93. The van der Waals surface area contributed by atoms with Crippen molar-refractivity contribution in [3.05, 3.63) is 47.0 Å². The molecule has 4 aliphatic heterocycles. The molecule has 1 amide bonds. The van der Waals surface area contributed by atoms with Crippen LogP contribution < -0.4 is 20.1 Å². The maximum absolute atomic E-state index is 17.7. The van der Waals surface area contributed by atoms with E-state index in [9.17, 15) is 10.1 Å². The molecule has 17 heteroatoms. The quantitative estimate of drug-likeness (QED) is 0.199. The summed E-state index contributed by atoms with van der Waals surface area (Å²) in [5, 5.41) is 14.6. The minimum absolute atomic E-state index is 0.00862. The highest BCUT2D eigenvalue weighted by Gasteiger charge is 2.48. The SMILES string of the molecule is CCC1C[C@H]2CCN(C(=O)n3cncn3)CCN2c2nc(OC[C@@]34CCCN3C[C@H](C)C4)nc3c(F)c(-c4ccc(F)c5sc(N)c(C#N)c45)c(Cl)c(c23)O1. The number of thiophene rings is 1. The highest BCUT2D eigenvalue weighted by Crippen LogP contribution is 2.52. The normalized spacial score (nSPS) is 23.9. The molecule has 3 saturated heterocycles. The van der Waals surface area contributed by atoms with Gasteiger partial charge in [0.2, 0.25) is 0 Å². The van der Waals surface area contributed by atoms with Gasteiger partial charge in [0.15, 0.2) is 11.6 Å². The van der Waals surface area contributed by atoms with Crippen LogP contribution in [0.1, 0.15) is 57.9 Å². The standard InChI is InChI=1S/C38H39ClF2N10O3S/c1-3-22-13-21-7-10-48(37(52)51-19-44-18-45-51)11-12-50(21)35-28-31(46-36(47-35)53-17-38-8-4-9-49(38)16-20(2)14-38)30(41)27(29(39)32(28)54-22)23-5-6-25(40)33-26(23)24(15-42)34(43)55-33/h5-6,18-22H,3-4,7-14,16-17,43H2,1-2H3/t20-,21-,22?,38+/m1/s1. The zero-order chi connectivity index (χ0) is 38.2. The van der Waals surface area contributed by atoms with E-state index in [1.54, 1.807) is 4.90 Å². The molecule has 55 heavy (non-hydrogen) atoms. The van der Waals surface area contributed by atoms with Crippen LogP contribution in [0, 0.1) is 28.9 Å². The second-order valence-corrected chi connectivity index (χ2v) is 16.6. The monoisotopic (exact) mass is 788 g/mol. The molecule has 3 fully saturated rings. The lowest BCUT2D eigenvalue weighted by Gasteiger charge is -2.37. The average molecular weight is 789 g/mol. The zero-order valence-corrected chi connectivity index (χ0v) is 32.0. The van der Waals surface area contributed by atoms with Crippen molar-refractivity contribution in [1.29, 1.82) is 5.26 Å². The van der Waals surface area contributed by atoms with Crippen LogP contribution in [0.5, 0.6) is 11.8 Å². The fraction of sp³-hybridized carbons (Fsp3) is 0.474. The number of benzene rings is 2. The number of ether oxygens (including phenoxy) is 2. The number of nitrogens with zero attached hydrogens (tertiary/aromatic N) is 9. The van der Waals surface area contributed by atoms with Gasteiger partial charge in [-0.05, 0) is 56.2 Å². The minimum atomic E-state index is -0.791. The first-order valence-corrected chi connectivity index (χ1v) is 19.9. The van der Waals surface area contributed by atoms with Crippen LogP contribution in [0.15, 0.2) is 24.8 Å². The molecule has 5 aromatic rings. The minimum Gasteiger partial charge on any atom is -0.488 e. The number of halogens is 3. The second-order valence-electron chi connectivity index (χ2n) is 15.1. The number of carbonyl (C=O) groups is 1. The zero-order valence-electron chi connectivity index (χ0n) is 30.4.